The van der Waals surface area contributed by atoms with Crippen LogP contribution in [0.15, 0.2) is 46.9 Å². The zero-order valence-corrected chi connectivity index (χ0v) is 15.7. The molecule has 2 aromatic rings. The van der Waals surface area contributed by atoms with E-state index in [1.54, 1.807) is 30.3 Å². The molecule has 0 saturated heterocycles. The van der Waals surface area contributed by atoms with E-state index in [2.05, 4.69) is 26.8 Å². The number of hydrazine groups is 1. The van der Waals surface area contributed by atoms with Gasteiger partial charge in [-0.2, -0.15) is 5.26 Å². The van der Waals surface area contributed by atoms with Gasteiger partial charge in [-0.1, -0.05) is 15.9 Å². The van der Waals surface area contributed by atoms with Gasteiger partial charge in [0.05, 0.1) is 11.6 Å². The average molecular weight is 436 g/mol. The lowest BCUT2D eigenvalue weighted by molar-refractivity contribution is -0.133. The fraction of sp³-hybridized carbons (Fsp3) is 0.167. The predicted octanol–water partition coefficient (Wildman–Crippen LogP) is 2.45. The molecule has 0 heterocycles. The van der Waals surface area contributed by atoms with Crippen LogP contribution in [0.1, 0.15) is 12.5 Å². The van der Waals surface area contributed by atoms with Crippen LogP contribution < -0.4 is 20.3 Å². The van der Waals surface area contributed by atoms with E-state index in [1.165, 1.54) is 19.1 Å². The van der Waals surface area contributed by atoms with E-state index in [0.29, 0.717) is 15.8 Å². The van der Waals surface area contributed by atoms with Crippen molar-refractivity contribution in [1.82, 2.24) is 10.9 Å². The van der Waals surface area contributed by atoms with Crippen LogP contribution in [0, 0.1) is 17.1 Å². The third-order valence-electron chi connectivity index (χ3n) is 3.24. The minimum atomic E-state index is -0.900. The quantitative estimate of drug-likeness (QED) is 0.678. The van der Waals surface area contributed by atoms with Crippen molar-refractivity contribution in [1.29, 1.82) is 5.26 Å². The van der Waals surface area contributed by atoms with Crippen LogP contribution in [0.25, 0.3) is 0 Å². The summed E-state index contributed by atoms with van der Waals surface area (Å²) in [6.07, 6.45) is -0.900. The molecule has 0 aliphatic rings. The number of halogens is 2. The molecule has 9 heteroatoms. The van der Waals surface area contributed by atoms with E-state index in [4.69, 9.17) is 14.7 Å². The smallest absolute Gasteiger partial charge is 0.279 e. The summed E-state index contributed by atoms with van der Waals surface area (Å²) < 4.78 is 24.6. The van der Waals surface area contributed by atoms with Gasteiger partial charge >= 0.3 is 0 Å². The molecule has 0 bridgehead atoms. The molecule has 2 N–H and O–H groups in total. The molecule has 0 spiro atoms. The molecule has 27 heavy (non-hydrogen) atoms. The van der Waals surface area contributed by atoms with Crippen LogP contribution in [0.5, 0.6) is 11.5 Å². The highest BCUT2D eigenvalue weighted by atomic mass is 79.9. The zero-order chi connectivity index (χ0) is 19.8. The highest BCUT2D eigenvalue weighted by Gasteiger charge is 2.16. The lowest BCUT2D eigenvalue weighted by atomic mass is 10.2. The highest BCUT2D eigenvalue weighted by Crippen LogP contribution is 2.21. The first-order chi connectivity index (χ1) is 12.9. The topological polar surface area (TPSA) is 100 Å². The van der Waals surface area contributed by atoms with Gasteiger partial charge in [0.1, 0.15) is 5.75 Å². The van der Waals surface area contributed by atoms with Gasteiger partial charge in [0.15, 0.2) is 24.3 Å². The van der Waals surface area contributed by atoms with Crippen LogP contribution >= 0.6 is 15.9 Å². The fourth-order valence-corrected chi connectivity index (χ4v) is 2.20. The summed E-state index contributed by atoms with van der Waals surface area (Å²) >= 11 is 3.11. The number of rotatable bonds is 6. The third-order valence-corrected chi connectivity index (χ3v) is 3.74. The lowest BCUT2D eigenvalue weighted by Crippen LogP contribution is -2.48. The van der Waals surface area contributed by atoms with Crippen molar-refractivity contribution in [3.63, 3.8) is 0 Å². The lowest BCUT2D eigenvalue weighted by Gasteiger charge is -2.15. The Morgan fingerprint density at radius 3 is 2.56 bits per heavy atom. The SMILES string of the molecule is CC(Oc1ccc(C#N)cc1)C(=O)NNC(=O)COc1ccc(Br)cc1F. The summed E-state index contributed by atoms with van der Waals surface area (Å²) in [6, 6.07) is 12.3. The maximum atomic E-state index is 13.6. The van der Waals surface area contributed by atoms with Crippen LogP contribution in [-0.2, 0) is 9.59 Å². The normalized spacial score (nSPS) is 11.0. The minimum Gasteiger partial charge on any atom is -0.481 e. The van der Waals surface area contributed by atoms with Crippen molar-refractivity contribution in [2.75, 3.05) is 6.61 Å². The van der Waals surface area contributed by atoms with Crippen LogP contribution in [0.2, 0.25) is 0 Å². The number of nitriles is 1. The van der Waals surface area contributed by atoms with Crippen molar-refractivity contribution in [3.8, 4) is 17.6 Å². The number of nitrogens with one attached hydrogen (secondary N) is 2. The second-order valence-corrected chi connectivity index (χ2v) is 6.21. The Labute approximate surface area is 163 Å². The Kier molecular flexibility index (Phi) is 7.14. The molecule has 2 aromatic carbocycles. The molecular formula is C18H15BrFN3O4. The summed E-state index contributed by atoms with van der Waals surface area (Å²) in [4.78, 5) is 23.6. The second-order valence-electron chi connectivity index (χ2n) is 5.30. The van der Waals surface area contributed by atoms with E-state index in [1.807, 2.05) is 6.07 Å². The number of carbonyl (C=O) groups excluding carboxylic acids is 2. The van der Waals surface area contributed by atoms with Crippen molar-refractivity contribution >= 4 is 27.7 Å². The minimum absolute atomic E-state index is 0.0859. The summed E-state index contributed by atoms with van der Waals surface area (Å²) in [5, 5.41) is 8.74. The number of nitrogens with zero attached hydrogens (tertiary/aromatic N) is 1. The molecule has 140 valence electrons. The number of ether oxygens (including phenoxy) is 2. The van der Waals surface area contributed by atoms with Crippen molar-refractivity contribution in [3.05, 3.63) is 58.3 Å². The average Bonchev–Trinajstić information content (AvgIpc) is 2.66. The van der Waals surface area contributed by atoms with Gasteiger partial charge in [-0.25, -0.2) is 4.39 Å². The van der Waals surface area contributed by atoms with E-state index in [-0.39, 0.29) is 5.75 Å². The largest absolute Gasteiger partial charge is 0.481 e. The number of hydrogen-bond acceptors (Lipinski definition) is 5. The van der Waals surface area contributed by atoms with Crippen molar-refractivity contribution in [2.45, 2.75) is 13.0 Å². The maximum Gasteiger partial charge on any atom is 0.279 e. The Balaban J connectivity index is 1.76. The fourth-order valence-electron chi connectivity index (χ4n) is 1.87. The first-order valence-corrected chi connectivity index (χ1v) is 8.51. The Morgan fingerprint density at radius 1 is 1.22 bits per heavy atom. The number of amides is 2. The van der Waals surface area contributed by atoms with Gasteiger partial charge in [0, 0.05) is 4.47 Å². The summed E-state index contributed by atoms with van der Waals surface area (Å²) in [7, 11) is 0. The number of benzene rings is 2. The van der Waals surface area contributed by atoms with Crippen molar-refractivity contribution in [2.24, 2.45) is 0 Å². The van der Waals surface area contributed by atoms with Crippen molar-refractivity contribution < 1.29 is 23.5 Å². The van der Waals surface area contributed by atoms with E-state index in [9.17, 15) is 14.0 Å². The van der Waals surface area contributed by atoms with E-state index >= 15 is 0 Å². The number of hydrogen-bond donors (Lipinski definition) is 2. The monoisotopic (exact) mass is 435 g/mol. The summed E-state index contributed by atoms with van der Waals surface area (Å²) in [5.74, 6) is -1.57. The summed E-state index contributed by atoms with van der Waals surface area (Å²) in [5.41, 5.74) is 4.80. The Morgan fingerprint density at radius 2 is 1.93 bits per heavy atom. The molecule has 1 unspecified atom stereocenters. The molecule has 0 fully saturated rings. The molecule has 0 saturated carbocycles. The maximum absolute atomic E-state index is 13.6. The standard InChI is InChI=1S/C18H15BrFN3O4/c1-11(27-14-5-2-12(9-21)3-6-14)18(25)23-22-17(24)10-26-16-7-4-13(19)8-15(16)20/h2-8,11H,10H2,1H3,(H,22,24)(H,23,25). The van der Waals surface area contributed by atoms with Gasteiger partial charge in [0.2, 0.25) is 0 Å². The first kappa shape index (κ1) is 20.2. The van der Waals surface area contributed by atoms with Crippen LogP contribution in [-0.4, -0.2) is 24.5 Å². The third kappa shape index (κ3) is 6.27. The molecule has 0 radical (unpaired) electrons. The van der Waals surface area contributed by atoms with Gasteiger partial charge in [-0.15, -0.1) is 0 Å². The van der Waals surface area contributed by atoms with E-state index < -0.39 is 30.3 Å². The summed E-state index contributed by atoms with van der Waals surface area (Å²) in [6.45, 7) is 1.01. The van der Waals surface area contributed by atoms with Crippen LogP contribution in [0.4, 0.5) is 4.39 Å². The molecule has 2 amide bonds. The van der Waals surface area contributed by atoms with Crippen LogP contribution in [0.3, 0.4) is 0 Å². The Bertz CT molecular complexity index is 868. The zero-order valence-electron chi connectivity index (χ0n) is 14.2. The molecule has 0 aliphatic carbocycles. The van der Waals surface area contributed by atoms with Gasteiger partial charge < -0.3 is 9.47 Å². The van der Waals surface area contributed by atoms with Gasteiger partial charge in [-0.05, 0) is 49.4 Å². The Hall–Kier alpha value is -3.12. The molecule has 0 aromatic heterocycles. The molecule has 2 rings (SSSR count). The predicted molar refractivity (Wildman–Crippen MR) is 97.1 cm³/mol. The molecule has 0 aliphatic heterocycles. The first-order valence-electron chi connectivity index (χ1n) is 7.72. The molecule has 1 atom stereocenters. The number of carbonyl (C=O) groups is 2. The highest BCUT2D eigenvalue weighted by molar-refractivity contribution is 9.10. The van der Waals surface area contributed by atoms with Gasteiger partial charge in [-0.3, -0.25) is 20.4 Å². The van der Waals surface area contributed by atoms with Gasteiger partial charge in [0.25, 0.3) is 11.8 Å². The molecule has 7 nitrogen and oxygen atoms in total. The molecular weight excluding hydrogens is 421 g/mol. The second kappa shape index (κ2) is 9.54. The van der Waals surface area contributed by atoms with E-state index in [0.717, 1.165) is 0 Å².